The summed E-state index contributed by atoms with van der Waals surface area (Å²) in [4.78, 5) is 13.9. The van der Waals surface area contributed by atoms with Crippen molar-refractivity contribution in [1.29, 1.82) is 0 Å². The summed E-state index contributed by atoms with van der Waals surface area (Å²) < 4.78 is 40.0. The molecule has 1 saturated heterocycles. The summed E-state index contributed by atoms with van der Waals surface area (Å²) in [6, 6.07) is 0.150. The van der Waals surface area contributed by atoms with Crippen LogP contribution in [0.4, 0.5) is 18.0 Å². The largest absolute Gasteiger partial charge is 0.411 e. The first-order valence-electron chi connectivity index (χ1n) is 7.16. The molecule has 2 rings (SSSR count). The molecule has 0 aromatic rings. The Morgan fingerprint density at radius 1 is 1.25 bits per heavy atom. The smallest absolute Gasteiger partial charge is 0.370 e. The first-order chi connectivity index (χ1) is 9.47. The summed E-state index contributed by atoms with van der Waals surface area (Å²) >= 11 is 0. The molecule has 1 N–H and O–H groups in total. The van der Waals surface area contributed by atoms with Crippen molar-refractivity contribution in [2.45, 2.75) is 44.3 Å². The van der Waals surface area contributed by atoms with E-state index in [0.717, 1.165) is 25.8 Å². The summed E-state index contributed by atoms with van der Waals surface area (Å²) in [6.45, 7) is -0.524. The van der Waals surface area contributed by atoms with Crippen LogP contribution in [-0.4, -0.2) is 49.5 Å². The summed E-state index contributed by atoms with van der Waals surface area (Å²) in [5.41, 5.74) is 0. The fraction of sp³-hybridized carbons (Fsp3) is 0.923. The van der Waals surface area contributed by atoms with Crippen LogP contribution in [0.3, 0.4) is 0 Å². The Balaban J connectivity index is 1.67. The molecule has 1 aliphatic heterocycles. The van der Waals surface area contributed by atoms with E-state index in [1.807, 2.05) is 4.90 Å². The van der Waals surface area contributed by atoms with E-state index in [0.29, 0.717) is 12.0 Å². The Morgan fingerprint density at radius 2 is 2.00 bits per heavy atom. The van der Waals surface area contributed by atoms with Gasteiger partial charge in [0.25, 0.3) is 0 Å². The molecular formula is C13H21F3N2O2. The standard InChI is InChI=1S/C13H21F3N2O2/c14-13(15,16)9-20-8-6-17-12(19)18-7-2-4-10-3-1-5-11(10)18/h10-11H,1-9H2,(H,17,19). The lowest BCUT2D eigenvalue weighted by molar-refractivity contribution is -0.173. The van der Waals surface area contributed by atoms with Crippen LogP contribution in [0, 0.1) is 5.92 Å². The lowest BCUT2D eigenvalue weighted by Gasteiger charge is -2.37. The number of piperidine rings is 1. The van der Waals surface area contributed by atoms with Gasteiger partial charge in [-0.15, -0.1) is 0 Å². The lowest BCUT2D eigenvalue weighted by Crippen LogP contribution is -2.51. The number of halogens is 3. The van der Waals surface area contributed by atoms with Gasteiger partial charge in [0.05, 0.1) is 6.61 Å². The predicted octanol–water partition coefficient (Wildman–Crippen LogP) is 2.54. The van der Waals surface area contributed by atoms with E-state index in [2.05, 4.69) is 10.1 Å². The van der Waals surface area contributed by atoms with Crippen molar-refractivity contribution in [3.05, 3.63) is 0 Å². The van der Waals surface area contributed by atoms with Gasteiger partial charge in [-0.25, -0.2) is 4.79 Å². The van der Waals surface area contributed by atoms with Gasteiger partial charge < -0.3 is 15.0 Å². The van der Waals surface area contributed by atoms with Crippen molar-refractivity contribution in [3.8, 4) is 0 Å². The van der Waals surface area contributed by atoms with Crippen molar-refractivity contribution in [3.63, 3.8) is 0 Å². The van der Waals surface area contributed by atoms with Gasteiger partial charge in [0, 0.05) is 19.1 Å². The molecule has 0 bridgehead atoms. The Labute approximate surface area is 116 Å². The summed E-state index contributed by atoms with van der Waals surface area (Å²) in [5.74, 6) is 0.607. The molecule has 1 heterocycles. The number of hydrogen-bond acceptors (Lipinski definition) is 2. The number of fused-ring (bicyclic) bond motifs is 1. The summed E-state index contributed by atoms with van der Waals surface area (Å²) in [7, 11) is 0. The average Bonchev–Trinajstić information content (AvgIpc) is 2.84. The van der Waals surface area contributed by atoms with Gasteiger partial charge in [0.2, 0.25) is 0 Å². The maximum Gasteiger partial charge on any atom is 0.411 e. The molecule has 1 saturated carbocycles. The van der Waals surface area contributed by atoms with Crippen LogP contribution in [0.2, 0.25) is 0 Å². The molecular weight excluding hydrogens is 273 g/mol. The fourth-order valence-electron chi connectivity index (χ4n) is 3.23. The second-order valence-corrected chi connectivity index (χ2v) is 5.49. The van der Waals surface area contributed by atoms with Crippen LogP contribution >= 0.6 is 0 Å². The zero-order valence-electron chi connectivity index (χ0n) is 11.4. The van der Waals surface area contributed by atoms with Crippen LogP contribution in [0.15, 0.2) is 0 Å². The number of hydrogen-bond donors (Lipinski definition) is 1. The third kappa shape index (κ3) is 4.26. The highest BCUT2D eigenvalue weighted by Gasteiger charge is 2.37. The van der Waals surface area contributed by atoms with Gasteiger partial charge in [-0.2, -0.15) is 13.2 Å². The molecule has 0 radical (unpaired) electrons. The number of amides is 2. The zero-order valence-corrected chi connectivity index (χ0v) is 11.4. The molecule has 0 spiro atoms. The molecule has 2 atom stereocenters. The molecule has 2 amide bonds. The lowest BCUT2D eigenvalue weighted by atomic mass is 9.92. The quantitative estimate of drug-likeness (QED) is 0.810. The monoisotopic (exact) mass is 294 g/mol. The normalized spacial score (nSPS) is 26.4. The van der Waals surface area contributed by atoms with Crippen LogP contribution in [0.1, 0.15) is 32.1 Å². The Bertz CT molecular complexity index is 336. The number of carbonyl (C=O) groups excluding carboxylic acids is 1. The first-order valence-corrected chi connectivity index (χ1v) is 7.16. The SMILES string of the molecule is O=C(NCCOCC(F)(F)F)N1CCCC2CCCC21. The number of urea groups is 1. The third-order valence-electron chi connectivity index (χ3n) is 4.04. The van der Waals surface area contributed by atoms with Gasteiger partial charge in [0.15, 0.2) is 0 Å². The Hall–Kier alpha value is -0.980. The topological polar surface area (TPSA) is 41.6 Å². The maximum absolute atomic E-state index is 12.0. The molecule has 2 unspecified atom stereocenters. The Morgan fingerprint density at radius 3 is 2.75 bits per heavy atom. The molecule has 2 aliphatic rings. The molecule has 20 heavy (non-hydrogen) atoms. The van der Waals surface area contributed by atoms with Crippen LogP contribution < -0.4 is 5.32 Å². The molecule has 0 aromatic carbocycles. The van der Waals surface area contributed by atoms with Gasteiger partial charge in [0.1, 0.15) is 6.61 Å². The van der Waals surface area contributed by atoms with Crippen LogP contribution in [0.5, 0.6) is 0 Å². The maximum atomic E-state index is 12.0. The van der Waals surface area contributed by atoms with Crippen molar-refractivity contribution in [1.82, 2.24) is 10.2 Å². The van der Waals surface area contributed by atoms with Gasteiger partial charge >= 0.3 is 12.2 Å². The number of likely N-dealkylation sites (tertiary alicyclic amines) is 1. The van der Waals surface area contributed by atoms with E-state index in [9.17, 15) is 18.0 Å². The van der Waals surface area contributed by atoms with E-state index in [4.69, 9.17) is 0 Å². The van der Waals surface area contributed by atoms with Crippen molar-refractivity contribution < 1.29 is 22.7 Å². The summed E-state index contributed by atoms with van der Waals surface area (Å²) in [5, 5.41) is 2.65. The van der Waals surface area contributed by atoms with Crippen molar-refractivity contribution >= 4 is 6.03 Å². The minimum Gasteiger partial charge on any atom is -0.370 e. The average molecular weight is 294 g/mol. The molecule has 2 fully saturated rings. The number of alkyl halides is 3. The Kier molecular flexibility index (Phi) is 5.12. The molecule has 116 valence electrons. The van der Waals surface area contributed by atoms with Gasteiger partial charge in [-0.1, -0.05) is 6.42 Å². The van der Waals surface area contributed by atoms with E-state index < -0.39 is 12.8 Å². The number of rotatable bonds is 4. The highest BCUT2D eigenvalue weighted by atomic mass is 19.4. The second kappa shape index (κ2) is 6.65. The zero-order chi connectivity index (χ0) is 14.6. The summed E-state index contributed by atoms with van der Waals surface area (Å²) in [6.07, 6.45) is 1.27. The fourth-order valence-corrected chi connectivity index (χ4v) is 3.23. The highest BCUT2D eigenvalue weighted by Crippen LogP contribution is 2.36. The van der Waals surface area contributed by atoms with Gasteiger partial charge in [-0.05, 0) is 31.6 Å². The number of carbonyl (C=O) groups is 1. The second-order valence-electron chi connectivity index (χ2n) is 5.49. The predicted molar refractivity (Wildman–Crippen MR) is 67.3 cm³/mol. The first kappa shape index (κ1) is 15.4. The molecule has 1 aliphatic carbocycles. The number of nitrogens with one attached hydrogen (secondary N) is 1. The minimum absolute atomic E-state index is 0.114. The third-order valence-corrected chi connectivity index (χ3v) is 4.04. The highest BCUT2D eigenvalue weighted by molar-refractivity contribution is 5.74. The van der Waals surface area contributed by atoms with Crippen LogP contribution in [-0.2, 0) is 4.74 Å². The van der Waals surface area contributed by atoms with E-state index >= 15 is 0 Å². The van der Waals surface area contributed by atoms with E-state index in [1.54, 1.807) is 0 Å². The van der Waals surface area contributed by atoms with Gasteiger partial charge in [-0.3, -0.25) is 0 Å². The molecule has 0 aromatic heterocycles. The van der Waals surface area contributed by atoms with Crippen molar-refractivity contribution in [2.75, 3.05) is 26.3 Å². The molecule has 7 heteroatoms. The molecule has 4 nitrogen and oxygen atoms in total. The number of nitrogens with zero attached hydrogens (tertiary/aromatic N) is 1. The number of ether oxygens (including phenoxy) is 1. The van der Waals surface area contributed by atoms with Crippen molar-refractivity contribution in [2.24, 2.45) is 5.92 Å². The van der Waals surface area contributed by atoms with E-state index in [-0.39, 0.29) is 19.2 Å². The minimum atomic E-state index is -4.31. The van der Waals surface area contributed by atoms with E-state index in [1.165, 1.54) is 12.8 Å². The van der Waals surface area contributed by atoms with Crippen LogP contribution in [0.25, 0.3) is 0 Å².